The van der Waals surface area contributed by atoms with Crippen molar-refractivity contribution in [3.05, 3.63) is 58.9 Å². The molecule has 0 bridgehead atoms. The molecule has 0 unspecified atom stereocenters. The average molecular weight is 389 g/mol. The van der Waals surface area contributed by atoms with Gasteiger partial charge in [0.25, 0.3) is 0 Å². The van der Waals surface area contributed by atoms with Crippen LogP contribution in [0.1, 0.15) is 16.3 Å². The molecule has 0 saturated carbocycles. The normalized spacial score (nSPS) is 14.8. The molecule has 140 valence electrons. The van der Waals surface area contributed by atoms with Crippen molar-refractivity contribution in [2.75, 3.05) is 18.9 Å². The number of H-pyrrole nitrogens is 1. The monoisotopic (exact) mass is 389 g/mol. The van der Waals surface area contributed by atoms with E-state index < -0.39 is 0 Å². The van der Waals surface area contributed by atoms with Crippen molar-refractivity contribution < 1.29 is 4.79 Å². The number of hydrogen-bond acceptors (Lipinski definition) is 5. The molecule has 6 nitrogen and oxygen atoms in total. The lowest BCUT2D eigenvalue weighted by Crippen LogP contribution is -2.25. The molecule has 5 rings (SSSR count). The molecule has 4 aromatic rings. The van der Waals surface area contributed by atoms with E-state index in [2.05, 4.69) is 38.3 Å². The molecular formula is C21H19N5OS. The number of carbonyl (C=O) groups is 1. The maximum absolute atomic E-state index is 12.3. The molecule has 1 aromatic carbocycles. The number of aromatic nitrogens is 3. The largest absolute Gasteiger partial charge is 0.353 e. The van der Waals surface area contributed by atoms with Crippen LogP contribution in [0.2, 0.25) is 0 Å². The third-order valence-electron chi connectivity index (χ3n) is 4.97. The first-order chi connectivity index (χ1) is 13.7. The summed E-state index contributed by atoms with van der Waals surface area (Å²) in [6.07, 6.45) is 5.98. The SMILES string of the molecule is CN1CCc2nc(NC(=O)/C=C/c3cc4c(cn3)[nH]c3ccccc34)sc2C1. The van der Waals surface area contributed by atoms with Crippen molar-refractivity contribution in [2.24, 2.45) is 0 Å². The molecule has 0 aliphatic carbocycles. The van der Waals surface area contributed by atoms with Crippen molar-refractivity contribution in [1.29, 1.82) is 0 Å². The molecule has 0 radical (unpaired) electrons. The van der Waals surface area contributed by atoms with E-state index in [9.17, 15) is 4.79 Å². The molecule has 0 fully saturated rings. The van der Waals surface area contributed by atoms with Crippen LogP contribution in [0.5, 0.6) is 0 Å². The number of fused-ring (bicyclic) bond motifs is 4. The molecular weight excluding hydrogens is 370 g/mol. The van der Waals surface area contributed by atoms with E-state index in [4.69, 9.17) is 0 Å². The average Bonchev–Trinajstić information content (AvgIpc) is 3.26. The number of aromatic amines is 1. The number of anilines is 1. The fourth-order valence-electron chi connectivity index (χ4n) is 3.54. The number of para-hydroxylation sites is 1. The van der Waals surface area contributed by atoms with Crippen molar-refractivity contribution in [3.63, 3.8) is 0 Å². The highest BCUT2D eigenvalue weighted by molar-refractivity contribution is 7.15. The lowest BCUT2D eigenvalue weighted by molar-refractivity contribution is -0.111. The van der Waals surface area contributed by atoms with Crippen molar-refractivity contribution in [1.82, 2.24) is 19.9 Å². The van der Waals surface area contributed by atoms with Gasteiger partial charge in [-0.15, -0.1) is 11.3 Å². The molecule has 3 aromatic heterocycles. The number of benzene rings is 1. The third kappa shape index (κ3) is 3.19. The van der Waals surface area contributed by atoms with E-state index >= 15 is 0 Å². The number of hydrogen-bond donors (Lipinski definition) is 2. The van der Waals surface area contributed by atoms with Gasteiger partial charge in [-0.05, 0) is 25.3 Å². The van der Waals surface area contributed by atoms with Gasteiger partial charge in [-0.25, -0.2) is 4.98 Å². The summed E-state index contributed by atoms with van der Waals surface area (Å²) >= 11 is 1.56. The summed E-state index contributed by atoms with van der Waals surface area (Å²) in [4.78, 5) is 28.1. The van der Waals surface area contributed by atoms with E-state index in [-0.39, 0.29) is 5.91 Å². The van der Waals surface area contributed by atoms with Gasteiger partial charge in [0, 0.05) is 46.8 Å². The first kappa shape index (κ1) is 17.1. The number of thiazole rings is 1. The van der Waals surface area contributed by atoms with Gasteiger partial charge in [0.1, 0.15) is 0 Å². The van der Waals surface area contributed by atoms with Crippen LogP contribution in [-0.4, -0.2) is 39.4 Å². The van der Waals surface area contributed by atoms with Crippen LogP contribution in [0.4, 0.5) is 5.13 Å². The Balaban J connectivity index is 1.34. The van der Waals surface area contributed by atoms with E-state index in [0.29, 0.717) is 5.13 Å². The predicted molar refractivity (Wildman–Crippen MR) is 113 cm³/mol. The van der Waals surface area contributed by atoms with Gasteiger partial charge >= 0.3 is 0 Å². The first-order valence-electron chi connectivity index (χ1n) is 9.18. The van der Waals surface area contributed by atoms with Gasteiger partial charge in [-0.1, -0.05) is 18.2 Å². The topological polar surface area (TPSA) is 73.9 Å². The van der Waals surface area contributed by atoms with Crippen LogP contribution in [-0.2, 0) is 17.8 Å². The van der Waals surface area contributed by atoms with Gasteiger partial charge in [0.15, 0.2) is 5.13 Å². The van der Waals surface area contributed by atoms with Crippen molar-refractivity contribution >= 4 is 50.3 Å². The fraction of sp³-hybridized carbons (Fsp3) is 0.190. The van der Waals surface area contributed by atoms with Crippen LogP contribution in [0.3, 0.4) is 0 Å². The van der Waals surface area contributed by atoms with Crippen LogP contribution >= 0.6 is 11.3 Å². The zero-order chi connectivity index (χ0) is 19.1. The second kappa shape index (κ2) is 6.85. The number of likely N-dealkylation sites (N-methyl/N-ethyl adjacent to an activating group) is 1. The maximum Gasteiger partial charge on any atom is 0.250 e. The minimum Gasteiger partial charge on any atom is -0.353 e. The summed E-state index contributed by atoms with van der Waals surface area (Å²) in [5.74, 6) is -0.194. The van der Waals surface area contributed by atoms with Gasteiger partial charge in [-0.3, -0.25) is 15.1 Å². The summed E-state index contributed by atoms with van der Waals surface area (Å²) in [6, 6.07) is 10.1. The Labute approximate surface area is 165 Å². The smallest absolute Gasteiger partial charge is 0.250 e. The van der Waals surface area contributed by atoms with E-state index in [0.717, 1.165) is 52.7 Å². The van der Waals surface area contributed by atoms with Gasteiger partial charge in [0.05, 0.1) is 23.1 Å². The highest BCUT2D eigenvalue weighted by atomic mass is 32.1. The van der Waals surface area contributed by atoms with Crippen LogP contribution in [0.25, 0.3) is 27.9 Å². The highest BCUT2D eigenvalue weighted by Gasteiger charge is 2.18. The molecule has 2 N–H and O–H groups in total. The summed E-state index contributed by atoms with van der Waals surface area (Å²) in [7, 11) is 2.10. The molecule has 0 saturated heterocycles. The number of amides is 1. The summed E-state index contributed by atoms with van der Waals surface area (Å²) in [5.41, 5.74) is 3.92. The molecule has 28 heavy (non-hydrogen) atoms. The zero-order valence-electron chi connectivity index (χ0n) is 15.4. The number of rotatable bonds is 3. The van der Waals surface area contributed by atoms with E-state index in [1.807, 2.05) is 24.3 Å². The molecule has 4 heterocycles. The molecule has 7 heteroatoms. The van der Waals surface area contributed by atoms with E-state index in [1.54, 1.807) is 23.6 Å². The van der Waals surface area contributed by atoms with Gasteiger partial charge < -0.3 is 9.88 Å². The lowest BCUT2D eigenvalue weighted by Gasteiger charge is -2.20. The fourth-order valence-corrected chi connectivity index (χ4v) is 4.63. The van der Waals surface area contributed by atoms with Gasteiger partial charge in [0.2, 0.25) is 5.91 Å². The number of carbonyl (C=O) groups excluding carboxylic acids is 1. The van der Waals surface area contributed by atoms with Crippen LogP contribution in [0.15, 0.2) is 42.6 Å². The molecule has 1 aliphatic rings. The first-order valence-corrected chi connectivity index (χ1v) is 10.00. The van der Waals surface area contributed by atoms with Crippen molar-refractivity contribution in [3.8, 4) is 0 Å². The Bertz CT molecular complexity index is 1220. The van der Waals surface area contributed by atoms with Crippen molar-refractivity contribution in [2.45, 2.75) is 13.0 Å². The molecule has 0 spiro atoms. The minimum absolute atomic E-state index is 0.194. The highest BCUT2D eigenvalue weighted by Crippen LogP contribution is 2.28. The summed E-state index contributed by atoms with van der Waals surface area (Å²) in [5, 5.41) is 5.79. The van der Waals surface area contributed by atoms with Crippen LogP contribution < -0.4 is 5.32 Å². The second-order valence-electron chi connectivity index (χ2n) is 7.02. The Morgan fingerprint density at radius 2 is 2.18 bits per heavy atom. The Morgan fingerprint density at radius 1 is 1.29 bits per heavy atom. The minimum atomic E-state index is -0.194. The molecule has 1 aliphatic heterocycles. The Morgan fingerprint density at radius 3 is 3.11 bits per heavy atom. The quantitative estimate of drug-likeness (QED) is 0.523. The summed E-state index contributed by atoms with van der Waals surface area (Å²) < 4.78 is 0. The number of nitrogens with one attached hydrogen (secondary N) is 2. The van der Waals surface area contributed by atoms with Gasteiger partial charge in [-0.2, -0.15) is 0 Å². The summed E-state index contributed by atoms with van der Waals surface area (Å²) in [6.45, 7) is 1.90. The zero-order valence-corrected chi connectivity index (χ0v) is 16.2. The van der Waals surface area contributed by atoms with E-state index in [1.165, 1.54) is 11.0 Å². The molecule has 1 amide bonds. The standard InChI is InChI=1S/C21H19N5OS/c1-26-9-8-17-19(12-26)28-21(24-17)25-20(27)7-6-13-10-15-14-4-2-3-5-16(14)23-18(15)11-22-13/h2-7,10-11,23H,8-9,12H2,1H3,(H,24,25,27)/b7-6+. The third-order valence-corrected chi connectivity index (χ3v) is 5.97. The maximum atomic E-state index is 12.3. The number of nitrogens with zero attached hydrogens (tertiary/aromatic N) is 3. The molecule has 0 atom stereocenters. The Hall–Kier alpha value is -3.03. The Kier molecular flexibility index (Phi) is 4.18. The van der Waals surface area contributed by atoms with Crippen LogP contribution in [0, 0.1) is 0 Å². The number of pyridine rings is 1. The second-order valence-corrected chi connectivity index (χ2v) is 8.11. The predicted octanol–water partition coefficient (Wildman–Crippen LogP) is 3.81. The lowest BCUT2D eigenvalue weighted by atomic mass is 10.1.